The van der Waals surface area contributed by atoms with E-state index >= 15 is 0 Å². The van der Waals surface area contributed by atoms with Gasteiger partial charge >= 0.3 is 0 Å². The van der Waals surface area contributed by atoms with E-state index in [0.29, 0.717) is 50.0 Å². The van der Waals surface area contributed by atoms with Gasteiger partial charge in [0.25, 0.3) is 5.91 Å². The van der Waals surface area contributed by atoms with Crippen molar-refractivity contribution in [1.82, 2.24) is 19.9 Å². The van der Waals surface area contributed by atoms with Crippen LogP contribution in [0.25, 0.3) is 11.4 Å². The average Bonchev–Trinajstić information content (AvgIpc) is 3.17. The van der Waals surface area contributed by atoms with E-state index in [-0.39, 0.29) is 17.3 Å². The SMILES string of the molecule is O=C(c1ccccc1F)N1CCN(Cc2nc(-c3ccc(F)cc3)no2)CC1. The smallest absolute Gasteiger partial charge is 0.256 e. The summed E-state index contributed by atoms with van der Waals surface area (Å²) in [7, 11) is 0. The van der Waals surface area contributed by atoms with Gasteiger partial charge in [0.15, 0.2) is 0 Å². The van der Waals surface area contributed by atoms with E-state index in [1.165, 1.54) is 24.3 Å². The van der Waals surface area contributed by atoms with Crippen molar-refractivity contribution in [3.05, 3.63) is 71.6 Å². The lowest BCUT2D eigenvalue weighted by atomic mass is 10.1. The molecule has 6 nitrogen and oxygen atoms in total. The zero-order valence-electron chi connectivity index (χ0n) is 15.0. The molecule has 1 aliphatic heterocycles. The molecule has 1 fully saturated rings. The van der Waals surface area contributed by atoms with Crippen LogP contribution < -0.4 is 0 Å². The highest BCUT2D eigenvalue weighted by Crippen LogP contribution is 2.18. The highest BCUT2D eigenvalue weighted by molar-refractivity contribution is 5.94. The Morgan fingerprint density at radius 2 is 1.71 bits per heavy atom. The topological polar surface area (TPSA) is 62.5 Å². The quantitative estimate of drug-likeness (QED) is 0.692. The molecule has 144 valence electrons. The fourth-order valence-corrected chi connectivity index (χ4v) is 3.14. The summed E-state index contributed by atoms with van der Waals surface area (Å²) >= 11 is 0. The van der Waals surface area contributed by atoms with Crippen molar-refractivity contribution < 1.29 is 18.1 Å². The number of carbonyl (C=O) groups excluding carboxylic acids is 1. The average molecular weight is 384 g/mol. The van der Waals surface area contributed by atoms with Crippen LogP contribution in [-0.4, -0.2) is 52.0 Å². The third-order valence-electron chi connectivity index (χ3n) is 4.69. The minimum absolute atomic E-state index is 0.0943. The number of carbonyl (C=O) groups is 1. The Kier molecular flexibility index (Phi) is 5.12. The van der Waals surface area contributed by atoms with Crippen LogP contribution in [0.5, 0.6) is 0 Å². The van der Waals surface area contributed by atoms with E-state index in [1.807, 2.05) is 0 Å². The Bertz CT molecular complexity index is 966. The molecule has 0 radical (unpaired) electrons. The molecule has 4 rings (SSSR count). The largest absolute Gasteiger partial charge is 0.338 e. The van der Waals surface area contributed by atoms with E-state index in [1.54, 1.807) is 29.2 Å². The Morgan fingerprint density at radius 3 is 2.43 bits per heavy atom. The molecular formula is C20H18F2N4O2. The van der Waals surface area contributed by atoms with Crippen molar-refractivity contribution >= 4 is 5.91 Å². The molecule has 3 aromatic rings. The molecule has 0 saturated carbocycles. The van der Waals surface area contributed by atoms with Crippen LogP contribution in [0.3, 0.4) is 0 Å². The molecule has 0 atom stereocenters. The van der Waals surface area contributed by atoms with Gasteiger partial charge in [-0.3, -0.25) is 9.69 Å². The van der Waals surface area contributed by atoms with Crippen molar-refractivity contribution in [1.29, 1.82) is 0 Å². The van der Waals surface area contributed by atoms with Crippen LogP contribution in [0.4, 0.5) is 8.78 Å². The summed E-state index contributed by atoms with van der Waals surface area (Å²) in [6, 6.07) is 11.9. The van der Waals surface area contributed by atoms with Crippen molar-refractivity contribution in [2.45, 2.75) is 6.54 Å². The van der Waals surface area contributed by atoms with Crippen LogP contribution in [-0.2, 0) is 6.54 Å². The molecule has 2 aromatic carbocycles. The number of benzene rings is 2. The van der Waals surface area contributed by atoms with Gasteiger partial charge in [0, 0.05) is 31.7 Å². The first-order chi connectivity index (χ1) is 13.6. The number of hydrogen-bond donors (Lipinski definition) is 0. The van der Waals surface area contributed by atoms with Gasteiger partial charge in [-0.1, -0.05) is 17.3 Å². The maximum Gasteiger partial charge on any atom is 0.256 e. The van der Waals surface area contributed by atoms with Crippen LogP contribution in [0.1, 0.15) is 16.2 Å². The van der Waals surface area contributed by atoms with Crippen LogP contribution in [0, 0.1) is 11.6 Å². The molecule has 2 heterocycles. The van der Waals surface area contributed by atoms with E-state index < -0.39 is 5.82 Å². The second kappa shape index (κ2) is 7.85. The van der Waals surface area contributed by atoms with E-state index in [2.05, 4.69) is 15.0 Å². The van der Waals surface area contributed by atoms with E-state index in [9.17, 15) is 13.6 Å². The van der Waals surface area contributed by atoms with Crippen LogP contribution in [0.2, 0.25) is 0 Å². The van der Waals surface area contributed by atoms with Crippen molar-refractivity contribution in [2.24, 2.45) is 0 Å². The highest BCUT2D eigenvalue weighted by Gasteiger charge is 2.25. The third-order valence-corrected chi connectivity index (χ3v) is 4.69. The van der Waals surface area contributed by atoms with Crippen molar-refractivity contribution in [2.75, 3.05) is 26.2 Å². The summed E-state index contributed by atoms with van der Waals surface area (Å²) in [6.07, 6.45) is 0. The first-order valence-electron chi connectivity index (χ1n) is 8.95. The summed E-state index contributed by atoms with van der Waals surface area (Å²) < 4.78 is 32.1. The van der Waals surface area contributed by atoms with Gasteiger partial charge in [-0.2, -0.15) is 4.98 Å². The molecule has 1 aliphatic rings. The molecule has 1 amide bonds. The van der Waals surface area contributed by atoms with Gasteiger partial charge in [0.2, 0.25) is 11.7 Å². The Hall–Kier alpha value is -3.13. The number of halogens is 2. The van der Waals surface area contributed by atoms with Gasteiger partial charge in [-0.15, -0.1) is 0 Å². The number of rotatable bonds is 4. The monoisotopic (exact) mass is 384 g/mol. The van der Waals surface area contributed by atoms with Gasteiger partial charge < -0.3 is 9.42 Å². The molecule has 0 N–H and O–H groups in total. The fourth-order valence-electron chi connectivity index (χ4n) is 3.14. The van der Waals surface area contributed by atoms with Crippen molar-refractivity contribution in [3.8, 4) is 11.4 Å². The Morgan fingerprint density at radius 1 is 1.00 bits per heavy atom. The highest BCUT2D eigenvalue weighted by atomic mass is 19.1. The maximum atomic E-state index is 13.8. The van der Waals surface area contributed by atoms with Gasteiger partial charge in [-0.25, -0.2) is 8.78 Å². The number of nitrogens with zero attached hydrogens (tertiary/aromatic N) is 4. The molecule has 0 aliphatic carbocycles. The summed E-state index contributed by atoms with van der Waals surface area (Å²) in [6.45, 7) is 2.68. The number of piperazine rings is 1. The van der Waals surface area contributed by atoms with Gasteiger partial charge in [-0.05, 0) is 36.4 Å². The molecule has 28 heavy (non-hydrogen) atoms. The lowest BCUT2D eigenvalue weighted by Crippen LogP contribution is -2.48. The second-order valence-corrected chi connectivity index (χ2v) is 6.57. The van der Waals surface area contributed by atoms with Crippen LogP contribution in [0.15, 0.2) is 53.1 Å². The van der Waals surface area contributed by atoms with Crippen LogP contribution >= 0.6 is 0 Å². The molecule has 0 spiro atoms. The minimum Gasteiger partial charge on any atom is -0.338 e. The first kappa shape index (κ1) is 18.2. The molecule has 0 bridgehead atoms. The molecule has 0 unspecified atom stereocenters. The lowest BCUT2D eigenvalue weighted by molar-refractivity contribution is 0.0610. The minimum atomic E-state index is -0.505. The summed E-state index contributed by atoms with van der Waals surface area (Å²) in [5.41, 5.74) is 0.772. The summed E-state index contributed by atoms with van der Waals surface area (Å²) in [5, 5.41) is 3.93. The fraction of sp³-hybridized carbons (Fsp3) is 0.250. The Labute approximate surface area is 160 Å². The Balaban J connectivity index is 1.34. The van der Waals surface area contributed by atoms with E-state index in [0.717, 1.165) is 0 Å². The third kappa shape index (κ3) is 3.91. The second-order valence-electron chi connectivity index (χ2n) is 6.57. The summed E-state index contributed by atoms with van der Waals surface area (Å²) in [5.74, 6) is -0.268. The number of hydrogen-bond acceptors (Lipinski definition) is 5. The normalized spacial score (nSPS) is 15.0. The zero-order valence-corrected chi connectivity index (χ0v) is 15.0. The zero-order chi connectivity index (χ0) is 19.5. The molecule has 8 heteroatoms. The predicted octanol–water partition coefficient (Wildman–Crippen LogP) is 2.97. The number of amides is 1. The van der Waals surface area contributed by atoms with Crippen molar-refractivity contribution in [3.63, 3.8) is 0 Å². The summed E-state index contributed by atoms with van der Waals surface area (Å²) in [4.78, 5) is 20.6. The molecule has 1 saturated heterocycles. The molecular weight excluding hydrogens is 366 g/mol. The lowest BCUT2D eigenvalue weighted by Gasteiger charge is -2.34. The predicted molar refractivity (Wildman–Crippen MR) is 97.3 cm³/mol. The number of aromatic nitrogens is 2. The van der Waals surface area contributed by atoms with Gasteiger partial charge in [0.05, 0.1) is 12.1 Å². The first-order valence-corrected chi connectivity index (χ1v) is 8.95. The molecule has 1 aromatic heterocycles. The van der Waals surface area contributed by atoms with Gasteiger partial charge in [0.1, 0.15) is 11.6 Å². The maximum absolute atomic E-state index is 13.8. The standard InChI is InChI=1S/C20H18F2N4O2/c21-15-7-5-14(6-8-15)19-23-18(28-24-19)13-25-9-11-26(12-10-25)20(27)16-3-1-2-4-17(16)22/h1-8H,9-13H2. The van der Waals surface area contributed by atoms with E-state index in [4.69, 9.17) is 4.52 Å².